The Morgan fingerprint density at radius 3 is 2.36 bits per heavy atom. The van der Waals surface area contributed by atoms with E-state index < -0.39 is 0 Å². The first kappa shape index (κ1) is 9.72. The molecule has 0 aromatic heterocycles. The highest BCUT2D eigenvalue weighted by Gasteiger charge is 2.44. The lowest BCUT2D eigenvalue weighted by Gasteiger charge is -2.26. The molecule has 1 aliphatic carbocycles. The van der Waals surface area contributed by atoms with Gasteiger partial charge in [-0.1, -0.05) is 37.3 Å². The molecule has 1 nitrogen and oxygen atoms in total. The predicted molar refractivity (Wildman–Crippen MR) is 60.2 cm³/mol. The van der Waals surface area contributed by atoms with Crippen LogP contribution in [0.5, 0.6) is 0 Å². The lowest BCUT2D eigenvalue weighted by molar-refractivity contribution is 0.206. The zero-order valence-electron chi connectivity index (χ0n) is 9.16. The van der Waals surface area contributed by atoms with Gasteiger partial charge in [0.2, 0.25) is 0 Å². The summed E-state index contributed by atoms with van der Waals surface area (Å²) in [6.45, 7) is 3.39. The van der Waals surface area contributed by atoms with Crippen molar-refractivity contribution in [1.29, 1.82) is 0 Å². The SMILES string of the molecule is CCC1(N(C)Cc2ccccc2)CC1. The molecule has 0 spiro atoms. The number of hydrogen-bond donors (Lipinski definition) is 0. The van der Waals surface area contributed by atoms with Crippen molar-refractivity contribution in [2.24, 2.45) is 0 Å². The monoisotopic (exact) mass is 189 g/mol. The summed E-state index contributed by atoms with van der Waals surface area (Å²) in [5, 5.41) is 0. The van der Waals surface area contributed by atoms with Gasteiger partial charge in [-0.3, -0.25) is 4.90 Å². The summed E-state index contributed by atoms with van der Waals surface area (Å²) >= 11 is 0. The van der Waals surface area contributed by atoms with E-state index in [2.05, 4.69) is 49.2 Å². The molecule has 1 saturated carbocycles. The lowest BCUT2D eigenvalue weighted by Crippen LogP contribution is -2.32. The zero-order valence-corrected chi connectivity index (χ0v) is 9.16. The van der Waals surface area contributed by atoms with Crippen LogP contribution in [0.4, 0.5) is 0 Å². The molecule has 0 N–H and O–H groups in total. The van der Waals surface area contributed by atoms with Crippen molar-refractivity contribution in [3.8, 4) is 0 Å². The maximum Gasteiger partial charge on any atom is 0.0236 e. The minimum Gasteiger partial charge on any atom is -0.296 e. The van der Waals surface area contributed by atoms with Gasteiger partial charge in [0.25, 0.3) is 0 Å². The van der Waals surface area contributed by atoms with Gasteiger partial charge in [0.15, 0.2) is 0 Å². The Morgan fingerprint density at radius 1 is 1.21 bits per heavy atom. The van der Waals surface area contributed by atoms with E-state index in [0.29, 0.717) is 5.54 Å². The number of hydrogen-bond acceptors (Lipinski definition) is 1. The van der Waals surface area contributed by atoms with E-state index in [4.69, 9.17) is 0 Å². The standard InChI is InChI=1S/C13H19N/c1-3-13(9-10-13)14(2)11-12-7-5-4-6-8-12/h4-8H,3,9-11H2,1-2H3. The molecule has 0 radical (unpaired) electrons. The molecule has 0 saturated heterocycles. The summed E-state index contributed by atoms with van der Waals surface area (Å²) in [6.07, 6.45) is 4.05. The Balaban J connectivity index is 1.98. The normalized spacial score (nSPS) is 18.5. The minimum atomic E-state index is 0.538. The third-order valence-corrected chi connectivity index (χ3v) is 3.56. The van der Waals surface area contributed by atoms with Crippen molar-refractivity contribution < 1.29 is 0 Å². The van der Waals surface area contributed by atoms with Crippen LogP contribution in [0.1, 0.15) is 31.7 Å². The van der Waals surface area contributed by atoms with Crippen LogP contribution in [-0.4, -0.2) is 17.5 Å². The van der Waals surface area contributed by atoms with Crippen molar-refractivity contribution in [2.45, 2.75) is 38.3 Å². The first-order chi connectivity index (χ1) is 6.77. The second-order valence-corrected chi connectivity index (χ2v) is 4.42. The van der Waals surface area contributed by atoms with Crippen LogP contribution < -0.4 is 0 Å². The molecule has 1 aliphatic rings. The molecule has 76 valence electrons. The van der Waals surface area contributed by atoms with E-state index in [1.165, 1.54) is 24.8 Å². The molecular weight excluding hydrogens is 170 g/mol. The van der Waals surface area contributed by atoms with E-state index in [9.17, 15) is 0 Å². The van der Waals surface area contributed by atoms with Gasteiger partial charge in [0, 0.05) is 12.1 Å². The molecule has 0 heterocycles. The fourth-order valence-electron chi connectivity index (χ4n) is 2.17. The van der Waals surface area contributed by atoms with Gasteiger partial charge in [-0.15, -0.1) is 0 Å². The van der Waals surface area contributed by atoms with Crippen LogP contribution in [-0.2, 0) is 6.54 Å². The first-order valence-corrected chi connectivity index (χ1v) is 5.52. The summed E-state index contributed by atoms with van der Waals surface area (Å²) in [6, 6.07) is 10.7. The van der Waals surface area contributed by atoms with Gasteiger partial charge in [-0.25, -0.2) is 0 Å². The van der Waals surface area contributed by atoms with E-state index in [0.717, 1.165) is 6.54 Å². The summed E-state index contributed by atoms with van der Waals surface area (Å²) in [5.41, 5.74) is 1.96. The van der Waals surface area contributed by atoms with Gasteiger partial charge in [-0.05, 0) is 31.9 Å². The maximum absolute atomic E-state index is 2.52. The molecule has 14 heavy (non-hydrogen) atoms. The Hall–Kier alpha value is -0.820. The Labute approximate surface area is 86.7 Å². The van der Waals surface area contributed by atoms with Crippen molar-refractivity contribution in [3.05, 3.63) is 35.9 Å². The van der Waals surface area contributed by atoms with Crippen molar-refractivity contribution in [1.82, 2.24) is 4.90 Å². The Bertz CT molecular complexity index is 287. The Kier molecular flexibility index (Phi) is 2.60. The van der Waals surface area contributed by atoms with Crippen LogP contribution >= 0.6 is 0 Å². The number of nitrogens with zero attached hydrogens (tertiary/aromatic N) is 1. The molecule has 2 rings (SSSR count). The van der Waals surface area contributed by atoms with Crippen LogP contribution in [0, 0.1) is 0 Å². The second-order valence-electron chi connectivity index (χ2n) is 4.42. The largest absolute Gasteiger partial charge is 0.296 e. The molecule has 1 heteroatoms. The third kappa shape index (κ3) is 1.83. The van der Waals surface area contributed by atoms with Crippen molar-refractivity contribution >= 4 is 0 Å². The Morgan fingerprint density at radius 2 is 1.86 bits per heavy atom. The van der Waals surface area contributed by atoms with Crippen LogP contribution in [0.2, 0.25) is 0 Å². The minimum absolute atomic E-state index is 0.538. The zero-order chi connectivity index (χ0) is 10.0. The third-order valence-electron chi connectivity index (χ3n) is 3.56. The number of rotatable bonds is 4. The highest BCUT2D eigenvalue weighted by atomic mass is 15.2. The quantitative estimate of drug-likeness (QED) is 0.703. The molecule has 0 atom stereocenters. The van der Waals surface area contributed by atoms with Crippen LogP contribution in [0.25, 0.3) is 0 Å². The summed E-state index contributed by atoms with van der Waals surface area (Å²) in [7, 11) is 2.25. The summed E-state index contributed by atoms with van der Waals surface area (Å²) in [5.74, 6) is 0. The molecule has 1 aromatic carbocycles. The molecule has 1 fully saturated rings. The van der Waals surface area contributed by atoms with Crippen LogP contribution in [0.15, 0.2) is 30.3 Å². The van der Waals surface area contributed by atoms with E-state index in [1.54, 1.807) is 0 Å². The average molecular weight is 189 g/mol. The highest BCUT2D eigenvalue weighted by molar-refractivity contribution is 5.15. The smallest absolute Gasteiger partial charge is 0.0236 e. The fourth-order valence-corrected chi connectivity index (χ4v) is 2.17. The highest BCUT2D eigenvalue weighted by Crippen LogP contribution is 2.44. The summed E-state index contributed by atoms with van der Waals surface area (Å²) < 4.78 is 0. The predicted octanol–water partition coefficient (Wildman–Crippen LogP) is 3.06. The maximum atomic E-state index is 2.52. The van der Waals surface area contributed by atoms with Crippen molar-refractivity contribution in [2.75, 3.05) is 7.05 Å². The molecule has 0 amide bonds. The van der Waals surface area contributed by atoms with Gasteiger partial charge in [0.05, 0.1) is 0 Å². The van der Waals surface area contributed by atoms with E-state index >= 15 is 0 Å². The van der Waals surface area contributed by atoms with E-state index in [1.807, 2.05) is 0 Å². The molecular formula is C13H19N. The topological polar surface area (TPSA) is 3.24 Å². The fraction of sp³-hybridized carbons (Fsp3) is 0.538. The van der Waals surface area contributed by atoms with Crippen LogP contribution in [0.3, 0.4) is 0 Å². The van der Waals surface area contributed by atoms with Gasteiger partial charge in [0.1, 0.15) is 0 Å². The molecule has 0 bridgehead atoms. The second kappa shape index (κ2) is 3.74. The van der Waals surface area contributed by atoms with Gasteiger partial charge >= 0.3 is 0 Å². The van der Waals surface area contributed by atoms with Gasteiger partial charge < -0.3 is 0 Å². The molecule has 0 aliphatic heterocycles. The number of benzene rings is 1. The summed E-state index contributed by atoms with van der Waals surface area (Å²) in [4.78, 5) is 2.52. The van der Waals surface area contributed by atoms with Gasteiger partial charge in [-0.2, -0.15) is 0 Å². The first-order valence-electron chi connectivity index (χ1n) is 5.52. The molecule has 0 unspecified atom stereocenters. The van der Waals surface area contributed by atoms with E-state index in [-0.39, 0.29) is 0 Å². The van der Waals surface area contributed by atoms with Crippen molar-refractivity contribution in [3.63, 3.8) is 0 Å². The lowest BCUT2D eigenvalue weighted by atomic mass is 10.1. The molecule has 1 aromatic rings. The average Bonchev–Trinajstić information content (AvgIpc) is 3.00.